The Morgan fingerprint density at radius 2 is 1.86 bits per heavy atom. The fourth-order valence-electron chi connectivity index (χ4n) is 2.67. The lowest BCUT2D eigenvalue weighted by Gasteiger charge is -2.16. The minimum atomic E-state index is -4.53. The summed E-state index contributed by atoms with van der Waals surface area (Å²) in [4.78, 5) is 27.7. The number of nitrogens with zero attached hydrogens (tertiary/aromatic N) is 1. The zero-order valence-electron chi connectivity index (χ0n) is 15.1. The van der Waals surface area contributed by atoms with E-state index in [1.807, 2.05) is 0 Å². The van der Waals surface area contributed by atoms with Gasteiger partial charge in [-0.3, -0.25) is 4.79 Å². The molecule has 29 heavy (non-hydrogen) atoms. The summed E-state index contributed by atoms with van der Waals surface area (Å²) >= 11 is 0. The van der Waals surface area contributed by atoms with Crippen LogP contribution >= 0.6 is 0 Å². The molecule has 10 heteroatoms. The van der Waals surface area contributed by atoms with E-state index in [2.05, 4.69) is 10.3 Å². The number of amides is 2. The molecule has 0 spiro atoms. The molecule has 3 rings (SSSR count). The largest absolute Gasteiger partial charge is 0.468 e. The van der Waals surface area contributed by atoms with Crippen LogP contribution in [0.15, 0.2) is 42.5 Å². The summed E-state index contributed by atoms with van der Waals surface area (Å²) in [6, 6.07) is 9.99. The number of nitrogens with two attached hydrogens (primary N) is 1. The quantitative estimate of drug-likeness (QED) is 0.731. The molecule has 0 aliphatic heterocycles. The van der Waals surface area contributed by atoms with Crippen molar-refractivity contribution < 1.29 is 32.2 Å². The second-order valence-electron chi connectivity index (χ2n) is 6.50. The highest BCUT2D eigenvalue weighted by Crippen LogP contribution is 2.44. The lowest BCUT2D eigenvalue weighted by atomic mass is 10.1. The van der Waals surface area contributed by atoms with Crippen LogP contribution in [0.4, 0.5) is 18.0 Å². The fourth-order valence-corrected chi connectivity index (χ4v) is 2.67. The molecule has 2 aromatic rings. The number of primary amides is 1. The second kappa shape index (κ2) is 8.38. The summed E-state index contributed by atoms with van der Waals surface area (Å²) in [6.07, 6.45) is -3.92. The summed E-state index contributed by atoms with van der Waals surface area (Å²) in [5.74, 6) is -1.23. The Labute approximate surface area is 164 Å². The highest BCUT2D eigenvalue weighted by Gasteiger charge is 2.32. The first-order chi connectivity index (χ1) is 13.7. The lowest BCUT2D eigenvalue weighted by molar-refractivity contribution is -0.154. The monoisotopic (exact) mass is 409 g/mol. The molecule has 1 atom stereocenters. The molecule has 1 fully saturated rings. The summed E-state index contributed by atoms with van der Waals surface area (Å²) < 4.78 is 47.3. The summed E-state index contributed by atoms with van der Waals surface area (Å²) in [5, 5.41) is 2.31. The molecular formula is C19H18F3N3O4. The number of halogens is 3. The number of aromatic nitrogens is 1. The molecular weight excluding hydrogens is 391 g/mol. The zero-order chi connectivity index (χ0) is 21.0. The van der Waals surface area contributed by atoms with Crippen molar-refractivity contribution in [3.63, 3.8) is 0 Å². The van der Waals surface area contributed by atoms with E-state index in [9.17, 15) is 22.8 Å². The van der Waals surface area contributed by atoms with E-state index in [0.29, 0.717) is 11.1 Å². The molecule has 2 amide bonds. The number of benzene rings is 1. The maximum absolute atomic E-state index is 12.5. The average molecular weight is 409 g/mol. The molecule has 1 heterocycles. The van der Waals surface area contributed by atoms with Crippen LogP contribution in [0, 0.1) is 0 Å². The number of hydrogen-bond donors (Lipinski definition) is 2. The van der Waals surface area contributed by atoms with Gasteiger partial charge in [0.25, 0.3) is 0 Å². The fraction of sp³-hybridized carbons (Fsp3) is 0.316. The van der Waals surface area contributed by atoms with Gasteiger partial charge in [-0.2, -0.15) is 18.2 Å². The normalized spacial score (nSPS) is 14.7. The molecule has 0 radical (unpaired) electrons. The second-order valence-corrected chi connectivity index (χ2v) is 6.50. The van der Waals surface area contributed by atoms with E-state index in [1.165, 1.54) is 12.1 Å². The van der Waals surface area contributed by atoms with Crippen LogP contribution in [-0.4, -0.2) is 29.8 Å². The number of ether oxygens (including phenoxy) is 2. The molecule has 0 saturated heterocycles. The van der Waals surface area contributed by atoms with Gasteiger partial charge in [-0.05, 0) is 30.4 Å². The molecule has 0 bridgehead atoms. The van der Waals surface area contributed by atoms with Crippen LogP contribution in [0.2, 0.25) is 0 Å². The van der Waals surface area contributed by atoms with Gasteiger partial charge in [0.05, 0.1) is 0 Å². The number of hydrogen-bond acceptors (Lipinski definition) is 5. The van der Waals surface area contributed by atoms with Gasteiger partial charge in [-0.1, -0.05) is 30.3 Å². The van der Waals surface area contributed by atoms with E-state index in [0.717, 1.165) is 12.8 Å². The molecule has 3 N–H and O–H groups in total. The van der Waals surface area contributed by atoms with E-state index >= 15 is 0 Å². The Balaban J connectivity index is 1.71. The van der Waals surface area contributed by atoms with Crippen molar-refractivity contribution >= 4 is 12.0 Å². The maximum atomic E-state index is 12.5. The van der Waals surface area contributed by atoms with Gasteiger partial charge in [0, 0.05) is 11.6 Å². The van der Waals surface area contributed by atoms with Crippen molar-refractivity contribution in [1.29, 1.82) is 0 Å². The van der Waals surface area contributed by atoms with Crippen LogP contribution in [-0.2, 0) is 4.79 Å². The molecule has 154 valence electrons. The Hall–Kier alpha value is -3.30. The first-order valence-electron chi connectivity index (χ1n) is 8.76. The van der Waals surface area contributed by atoms with E-state index in [4.69, 9.17) is 15.2 Å². The van der Waals surface area contributed by atoms with Crippen LogP contribution in [0.3, 0.4) is 0 Å². The van der Waals surface area contributed by atoms with Gasteiger partial charge < -0.3 is 20.5 Å². The molecule has 0 unspecified atom stereocenters. The molecule has 1 aliphatic rings. The highest BCUT2D eigenvalue weighted by atomic mass is 19.4. The number of pyridine rings is 1. The first-order valence-corrected chi connectivity index (χ1v) is 8.76. The predicted octanol–water partition coefficient (Wildman–Crippen LogP) is 3.22. The van der Waals surface area contributed by atoms with Crippen molar-refractivity contribution in [2.75, 3.05) is 6.61 Å². The van der Waals surface area contributed by atoms with Gasteiger partial charge in [-0.25, -0.2) is 4.79 Å². The van der Waals surface area contributed by atoms with Crippen LogP contribution in [0.1, 0.15) is 35.9 Å². The standard InChI is InChI=1S/C19H18F3N3O4/c20-19(21,22)10-28-17-13(11-6-7-11)8-9-14(24-17)29-18(27)25-15(16(23)26)12-4-2-1-3-5-12/h1-5,8-9,11,15H,6-7,10H2,(H2,23,26)(H,25,27)/t15-/m0/s1. The van der Waals surface area contributed by atoms with E-state index < -0.39 is 30.8 Å². The summed E-state index contributed by atoms with van der Waals surface area (Å²) in [5.41, 5.74) is 6.30. The SMILES string of the molecule is NC(=O)[C@@H](NC(=O)Oc1ccc(C2CC2)c(OCC(F)(F)F)n1)c1ccccc1. The zero-order valence-corrected chi connectivity index (χ0v) is 15.1. The van der Waals surface area contributed by atoms with Crippen molar-refractivity contribution in [2.45, 2.75) is 31.0 Å². The average Bonchev–Trinajstić information content (AvgIpc) is 3.49. The molecule has 1 aromatic heterocycles. The Kier molecular flexibility index (Phi) is 5.90. The number of carbonyl (C=O) groups excluding carboxylic acids is 2. The minimum Gasteiger partial charge on any atom is -0.468 e. The third-order valence-electron chi connectivity index (χ3n) is 4.13. The maximum Gasteiger partial charge on any atom is 0.422 e. The number of alkyl halides is 3. The van der Waals surface area contributed by atoms with Crippen LogP contribution in [0.5, 0.6) is 11.8 Å². The van der Waals surface area contributed by atoms with Crippen LogP contribution in [0.25, 0.3) is 0 Å². The Morgan fingerprint density at radius 3 is 2.45 bits per heavy atom. The van der Waals surface area contributed by atoms with Crippen molar-refractivity contribution in [3.05, 3.63) is 53.6 Å². The van der Waals surface area contributed by atoms with Gasteiger partial charge in [0.2, 0.25) is 17.7 Å². The molecule has 1 aromatic carbocycles. The first kappa shape index (κ1) is 20.4. The summed E-state index contributed by atoms with van der Waals surface area (Å²) in [7, 11) is 0. The van der Waals surface area contributed by atoms with E-state index in [-0.39, 0.29) is 17.7 Å². The minimum absolute atomic E-state index is 0.0749. The smallest absolute Gasteiger partial charge is 0.422 e. The predicted molar refractivity (Wildman–Crippen MR) is 95.3 cm³/mol. The third kappa shape index (κ3) is 5.84. The molecule has 1 saturated carbocycles. The molecule has 1 aliphatic carbocycles. The lowest BCUT2D eigenvalue weighted by Crippen LogP contribution is -2.39. The Morgan fingerprint density at radius 1 is 1.17 bits per heavy atom. The topological polar surface area (TPSA) is 104 Å². The van der Waals surface area contributed by atoms with Gasteiger partial charge in [0.1, 0.15) is 6.04 Å². The van der Waals surface area contributed by atoms with Gasteiger partial charge in [0.15, 0.2) is 6.61 Å². The van der Waals surface area contributed by atoms with Crippen molar-refractivity contribution in [3.8, 4) is 11.8 Å². The number of carbonyl (C=O) groups is 2. The number of rotatable bonds is 7. The third-order valence-corrected chi connectivity index (χ3v) is 4.13. The van der Waals surface area contributed by atoms with Gasteiger partial charge >= 0.3 is 12.3 Å². The van der Waals surface area contributed by atoms with Gasteiger partial charge in [-0.15, -0.1) is 0 Å². The van der Waals surface area contributed by atoms with Crippen molar-refractivity contribution in [2.24, 2.45) is 5.73 Å². The summed E-state index contributed by atoms with van der Waals surface area (Å²) in [6.45, 7) is -1.51. The van der Waals surface area contributed by atoms with Crippen LogP contribution < -0.4 is 20.5 Å². The molecule has 7 nitrogen and oxygen atoms in total. The van der Waals surface area contributed by atoms with Crippen molar-refractivity contribution in [1.82, 2.24) is 10.3 Å². The highest BCUT2D eigenvalue weighted by molar-refractivity contribution is 5.85. The Bertz CT molecular complexity index is 886. The number of nitrogens with one attached hydrogen (secondary N) is 1. The van der Waals surface area contributed by atoms with E-state index in [1.54, 1.807) is 30.3 Å².